The van der Waals surface area contributed by atoms with E-state index >= 15 is 0 Å². The van der Waals surface area contributed by atoms with Crippen LogP contribution in [-0.2, 0) is 9.59 Å². The van der Waals surface area contributed by atoms with E-state index in [2.05, 4.69) is 5.32 Å². The highest BCUT2D eigenvalue weighted by molar-refractivity contribution is 6.41. The number of carbonyl (C=O) groups is 2. The number of rotatable bonds is 3. The summed E-state index contributed by atoms with van der Waals surface area (Å²) in [5.41, 5.74) is 0.432. The van der Waals surface area contributed by atoms with Gasteiger partial charge in [0.15, 0.2) is 0 Å². The van der Waals surface area contributed by atoms with E-state index in [9.17, 15) is 9.59 Å². The summed E-state index contributed by atoms with van der Waals surface area (Å²) in [5.74, 6) is -0.351. The Morgan fingerprint density at radius 2 is 1.70 bits per heavy atom. The summed E-state index contributed by atoms with van der Waals surface area (Å²) in [5, 5.41) is 4.03. The number of nitrogens with one attached hydrogen (secondary N) is 1. The van der Waals surface area contributed by atoms with Crippen molar-refractivity contribution in [1.29, 1.82) is 0 Å². The van der Waals surface area contributed by atoms with Crippen LogP contribution in [0, 0.1) is 0 Å². The molecule has 1 saturated carbocycles. The zero-order valence-electron chi connectivity index (χ0n) is 10.3. The lowest BCUT2D eigenvalue weighted by Crippen LogP contribution is -2.36. The summed E-state index contributed by atoms with van der Waals surface area (Å²) in [6.45, 7) is 0. The van der Waals surface area contributed by atoms with Crippen molar-refractivity contribution in [2.75, 3.05) is 5.32 Å². The second-order valence-electron chi connectivity index (χ2n) is 4.98. The third-order valence-corrected chi connectivity index (χ3v) is 4.23. The molecule has 20 heavy (non-hydrogen) atoms. The molecule has 7 heteroatoms. The molecule has 1 aliphatic carbocycles. The molecule has 1 aromatic rings. The van der Waals surface area contributed by atoms with Crippen molar-refractivity contribution >= 4 is 52.3 Å². The first-order chi connectivity index (χ1) is 9.47. The fourth-order valence-electron chi connectivity index (χ4n) is 2.33. The molecule has 106 valence electrons. The maximum atomic E-state index is 12.2. The summed E-state index contributed by atoms with van der Waals surface area (Å²) in [4.78, 5) is 25.4. The van der Waals surface area contributed by atoms with Crippen molar-refractivity contribution in [3.8, 4) is 0 Å². The van der Waals surface area contributed by atoms with Gasteiger partial charge in [-0.1, -0.05) is 34.8 Å². The average molecular weight is 334 g/mol. The van der Waals surface area contributed by atoms with E-state index < -0.39 is 6.04 Å². The summed E-state index contributed by atoms with van der Waals surface area (Å²) < 4.78 is 0. The Bertz CT molecular complexity index is 578. The zero-order valence-corrected chi connectivity index (χ0v) is 12.6. The number of halogens is 3. The van der Waals surface area contributed by atoms with E-state index in [4.69, 9.17) is 34.8 Å². The van der Waals surface area contributed by atoms with Crippen LogP contribution in [0.4, 0.5) is 5.69 Å². The largest absolute Gasteiger partial charge is 0.371 e. The molecule has 1 N–H and O–H groups in total. The predicted molar refractivity (Wildman–Crippen MR) is 78.4 cm³/mol. The Morgan fingerprint density at radius 1 is 1.10 bits per heavy atom. The Balaban J connectivity index is 1.82. The first-order valence-corrected chi connectivity index (χ1v) is 7.37. The maximum absolute atomic E-state index is 12.2. The number of anilines is 1. The molecule has 1 saturated heterocycles. The molecule has 1 aliphatic heterocycles. The number of nitrogens with zero attached hydrogens (tertiary/aromatic N) is 1. The number of amides is 2. The fraction of sp³-hybridized carbons (Fsp3) is 0.385. The lowest BCUT2D eigenvalue weighted by Gasteiger charge is -2.17. The quantitative estimate of drug-likeness (QED) is 0.863. The fourth-order valence-corrected chi connectivity index (χ4v) is 3.26. The molecular formula is C13H11Cl3N2O2. The molecule has 2 aliphatic rings. The standard InChI is InChI=1S/C13H11Cl3N2O2/c14-6-3-8(15)12(9(16)4-6)17-10-5-11(19)18(13(10)20)7-1-2-7/h3-4,7,10,17H,1-2,5H2. The van der Waals surface area contributed by atoms with Gasteiger partial charge in [-0.3, -0.25) is 14.5 Å². The van der Waals surface area contributed by atoms with Crippen LogP contribution >= 0.6 is 34.8 Å². The predicted octanol–water partition coefficient (Wildman–Crippen LogP) is 3.35. The monoisotopic (exact) mass is 332 g/mol. The Morgan fingerprint density at radius 3 is 2.25 bits per heavy atom. The molecule has 1 heterocycles. The van der Waals surface area contributed by atoms with Crippen LogP contribution in [0.1, 0.15) is 19.3 Å². The highest BCUT2D eigenvalue weighted by Gasteiger charge is 2.46. The summed E-state index contributed by atoms with van der Waals surface area (Å²) in [6, 6.07) is 2.55. The first kappa shape index (κ1) is 14.0. The van der Waals surface area contributed by atoms with Crippen molar-refractivity contribution in [2.24, 2.45) is 0 Å². The van der Waals surface area contributed by atoms with Crippen molar-refractivity contribution in [2.45, 2.75) is 31.3 Å². The highest BCUT2D eigenvalue weighted by atomic mass is 35.5. The number of imide groups is 1. The molecule has 0 spiro atoms. The minimum absolute atomic E-state index is 0.0814. The summed E-state index contributed by atoms with van der Waals surface area (Å²) >= 11 is 18.0. The Kier molecular flexibility index (Phi) is 3.56. The molecule has 0 aromatic heterocycles. The van der Waals surface area contributed by atoms with Crippen LogP contribution in [0.25, 0.3) is 0 Å². The van der Waals surface area contributed by atoms with Crippen molar-refractivity contribution in [1.82, 2.24) is 4.90 Å². The second-order valence-corrected chi connectivity index (χ2v) is 6.23. The van der Waals surface area contributed by atoms with Gasteiger partial charge in [0.2, 0.25) is 5.91 Å². The molecule has 1 unspecified atom stereocenters. The topological polar surface area (TPSA) is 49.4 Å². The Hall–Kier alpha value is -0.970. The average Bonchev–Trinajstić information content (AvgIpc) is 3.12. The van der Waals surface area contributed by atoms with E-state index in [1.165, 1.54) is 17.0 Å². The molecule has 2 amide bonds. The number of carbonyl (C=O) groups excluding carboxylic acids is 2. The molecule has 3 rings (SSSR count). The summed E-state index contributed by atoms with van der Waals surface area (Å²) in [6.07, 6.45) is 1.92. The van der Waals surface area contributed by atoms with E-state index in [1.807, 2.05) is 0 Å². The summed E-state index contributed by atoms with van der Waals surface area (Å²) in [7, 11) is 0. The van der Waals surface area contributed by atoms with E-state index in [0.717, 1.165) is 12.8 Å². The van der Waals surface area contributed by atoms with Gasteiger partial charge in [-0.05, 0) is 25.0 Å². The molecule has 1 atom stereocenters. The smallest absolute Gasteiger partial charge is 0.252 e. The van der Waals surface area contributed by atoms with Gasteiger partial charge in [-0.15, -0.1) is 0 Å². The van der Waals surface area contributed by atoms with Crippen LogP contribution in [0.5, 0.6) is 0 Å². The van der Waals surface area contributed by atoms with Gasteiger partial charge in [0, 0.05) is 11.1 Å². The first-order valence-electron chi connectivity index (χ1n) is 6.24. The van der Waals surface area contributed by atoms with Crippen molar-refractivity contribution < 1.29 is 9.59 Å². The van der Waals surface area contributed by atoms with Gasteiger partial charge in [0.05, 0.1) is 22.2 Å². The number of hydrogen-bond donors (Lipinski definition) is 1. The molecule has 2 fully saturated rings. The van der Waals surface area contributed by atoms with E-state index in [0.29, 0.717) is 20.8 Å². The third kappa shape index (κ3) is 2.48. The van der Waals surface area contributed by atoms with Crippen LogP contribution in [-0.4, -0.2) is 28.8 Å². The molecule has 4 nitrogen and oxygen atoms in total. The van der Waals surface area contributed by atoms with E-state index in [1.54, 1.807) is 0 Å². The second kappa shape index (κ2) is 5.10. The maximum Gasteiger partial charge on any atom is 0.252 e. The lowest BCUT2D eigenvalue weighted by atomic mass is 10.2. The van der Waals surface area contributed by atoms with E-state index in [-0.39, 0.29) is 24.3 Å². The number of likely N-dealkylation sites (tertiary alicyclic amines) is 1. The molecule has 0 bridgehead atoms. The van der Waals surface area contributed by atoms with Crippen LogP contribution in [0.2, 0.25) is 15.1 Å². The number of hydrogen-bond acceptors (Lipinski definition) is 3. The van der Waals surface area contributed by atoms with Gasteiger partial charge in [0.1, 0.15) is 6.04 Å². The highest BCUT2D eigenvalue weighted by Crippen LogP contribution is 2.37. The number of benzene rings is 1. The van der Waals surface area contributed by atoms with Gasteiger partial charge < -0.3 is 5.32 Å². The third-order valence-electron chi connectivity index (χ3n) is 3.42. The van der Waals surface area contributed by atoms with Crippen molar-refractivity contribution in [3.05, 3.63) is 27.2 Å². The minimum atomic E-state index is -0.612. The molecule has 0 radical (unpaired) electrons. The van der Waals surface area contributed by atoms with Crippen molar-refractivity contribution in [3.63, 3.8) is 0 Å². The molecular weight excluding hydrogens is 323 g/mol. The molecule has 1 aromatic carbocycles. The normalized spacial score (nSPS) is 22.6. The minimum Gasteiger partial charge on any atom is -0.371 e. The van der Waals surface area contributed by atoms with Crippen LogP contribution in [0.15, 0.2) is 12.1 Å². The zero-order chi connectivity index (χ0) is 14.4. The van der Waals surface area contributed by atoms with Crippen LogP contribution < -0.4 is 5.32 Å². The van der Waals surface area contributed by atoms with Gasteiger partial charge in [-0.2, -0.15) is 0 Å². The SMILES string of the molecule is O=C1CC(Nc2c(Cl)cc(Cl)cc2Cl)C(=O)N1C1CC1. The lowest BCUT2D eigenvalue weighted by molar-refractivity contribution is -0.139. The van der Waals surface area contributed by atoms with Crippen LogP contribution in [0.3, 0.4) is 0 Å². The van der Waals surface area contributed by atoms with Gasteiger partial charge in [-0.25, -0.2) is 0 Å². The van der Waals surface area contributed by atoms with Gasteiger partial charge in [0.25, 0.3) is 5.91 Å². The van der Waals surface area contributed by atoms with Gasteiger partial charge >= 0.3 is 0 Å². The Labute approximate surface area is 131 Å².